The Labute approximate surface area is 200 Å². The fraction of sp³-hybridized carbons (Fsp3) is 0.346. The number of nitrogens with zero attached hydrogens (tertiary/aromatic N) is 5. The molecule has 0 aliphatic carbocycles. The van der Waals surface area contributed by atoms with Gasteiger partial charge in [-0.2, -0.15) is 10.2 Å². The van der Waals surface area contributed by atoms with Crippen molar-refractivity contribution < 1.29 is 9.57 Å². The lowest BCUT2D eigenvalue weighted by Crippen LogP contribution is -2.27. The maximum Gasteiger partial charge on any atom is 0.229 e. The molecule has 0 bridgehead atoms. The molecule has 0 amide bonds. The maximum absolute atomic E-state index is 9.63. The second-order valence-corrected chi connectivity index (χ2v) is 7.94. The van der Waals surface area contributed by atoms with Crippen molar-refractivity contribution in [2.45, 2.75) is 26.3 Å². The second kappa shape index (κ2) is 11.5. The van der Waals surface area contributed by atoms with Crippen LogP contribution in [0.5, 0.6) is 5.75 Å². The number of ether oxygens (including phenoxy) is 1. The van der Waals surface area contributed by atoms with Gasteiger partial charge in [-0.3, -0.25) is 4.84 Å². The molecule has 0 radical (unpaired) electrons. The van der Waals surface area contributed by atoms with Gasteiger partial charge < -0.3 is 15.0 Å². The van der Waals surface area contributed by atoms with Crippen LogP contribution in [0.4, 0.5) is 17.5 Å². The van der Waals surface area contributed by atoms with E-state index in [0.717, 1.165) is 43.1 Å². The fourth-order valence-electron chi connectivity index (χ4n) is 3.93. The summed E-state index contributed by atoms with van der Waals surface area (Å²) in [7, 11) is 0. The number of aromatic nitrogens is 2. The van der Waals surface area contributed by atoms with E-state index >= 15 is 0 Å². The number of benzene rings is 2. The molecule has 1 aromatic heterocycles. The number of hydroxylamine groups is 1. The maximum atomic E-state index is 9.63. The summed E-state index contributed by atoms with van der Waals surface area (Å²) in [5.41, 5.74) is 2.31. The van der Waals surface area contributed by atoms with E-state index in [9.17, 15) is 5.26 Å². The van der Waals surface area contributed by atoms with E-state index in [2.05, 4.69) is 52.2 Å². The number of hydrogen-bond donors (Lipinski definition) is 1. The summed E-state index contributed by atoms with van der Waals surface area (Å²) in [4.78, 5) is 17.2. The average molecular weight is 459 g/mol. The number of likely N-dealkylation sites (N-methyl/N-ethyl adjacent to an activating group) is 1. The van der Waals surface area contributed by atoms with E-state index in [0.29, 0.717) is 30.5 Å². The number of nitrogens with one attached hydrogen (secondary N) is 1. The van der Waals surface area contributed by atoms with Crippen molar-refractivity contribution in [2.24, 2.45) is 0 Å². The number of hydrogen-bond acceptors (Lipinski definition) is 8. The van der Waals surface area contributed by atoms with E-state index in [1.165, 1.54) is 6.20 Å². The number of nitriles is 1. The van der Waals surface area contributed by atoms with Gasteiger partial charge in [0.05, 0.1) is 18.8 Å². The lowest BCUT2D eigenvalue weighted by Gasteiger charge is -2.24. The molecule has 2 heterocycles. The van der Waals surface area contributed by atoms with Crippen molar-refractivity contribution in [3.8, 4) is 11.8 Å². The van der Waals surface area contributed by atoms with Gasteiger partial charge in [-0.05, 0) is 42.9 Å². The van der Waals surface area contributed by atoms with Gasteiger partial charge in [0.15, 0.2) is 5.82 Å². The van der Waals surface area contributed by atoms with Gasteiger partial charge in [-0.25, -0.2) is 10.0 Å². The van der Waals surface area contributed by atoms with Crippen LogP contribution in [0, 0.1) is 11.3 Å². The zero-order valence-corrected chi connectivity index (χ0v) is 19.6. The van der Waals surface area contributed by atoms with Crippen molar-refractivity contribution in [2.75, 3.05) is 43.2 Å². The number of rotatable bonds is 10. The number of anilines is 3. The highest BCUT2D eigenvalue weighted by Gasteiger charge is 2.31. The first-order chi connectivity index (χ1) is 16.7. The van der Waals surface area contributed by atoms with Crippen LogP contribution in [0.15, 0.2) is 60.8 Å². The van der Waals surface area contributed by atoms with Gasteiger partial charge in [0.25, 0.3) is 0 Å². The van der Waals surface area contributed by atoms with Crippen molar-refractivity contribution >= 4 is 17.5 Å². The Hall–Kier alpha value is -3.67. The van der Waals surface area contributed by atoms with Gasteiger partial charge in [0.2, 0.25) is 5.95 Å². The molecule has 1 aliphatic heterocycles. The first-order valence-corrected chi connectivity index (χ1v) is 11.7. The second-order valence-electron chi connectivity index (χ2n) is 7.94. The normalized spacial score (nSPS) is 15.4. The van der Waals surface area contributed by atoms with Crippen LogP contribution in [0.3, 0.4) is 0 Å². The standard InChI is InChI=1S/C26H30N6O2/c1-3-31(4-2)15-17-33-23-12-10-22(11-13-23)29-26-28-19-21(18-27)25(30-26)32-24(14-16-34-32)20-8-6-5-7-9-20/h5-13,19,24H,3-4,14-17H2,1-2H3,(H,28,29,30). The summed E-state index contributed by atoms with van der Waals surface area (Å²) in [6, 6.07) is 20.0. The minimum Gasteiger partial charge on any atom is -0.492 e. The molecule has 0 saturated carbocycles. The van der Waals surface area contributed by atoms with Crippen molar-refractivity contribution in [1.82, 2.24) is 14.9 Å². The lowest BCUT2D eigenvalue weighted by atomic mass is 10.0. The molecule has 2 aromatic carbocycles. The van der Waals surface area contributed by atoms with E-state index in [1.54, 1.807) is 5.06 Å². The van der Waals surface area contributed by atoms with Crippen molar-refractivity contribution in [3.05, 3.63) is 71.9 Å². The Balaban J connectivity index is 1.45. The van der Waals surface area contributed by atoms with Crippen LogP contribution in [0.2, 0.25) is 0 Å². The molecule has 176 valence electrons. The Kier molecular flexibility index (Phi) is 7.91. The zero-order chi connectivity index (χ0) is 23.8. The highest BCUT2D eigenvalue weighted by Crippen LogP contribution is 2.35. The quantitative estimate of drug-likeness (QED) is 0.468. The molecule has 1 atom stereocenters. The van der Waals surface area contributed by atoms with Crippen LogP contribution in [0.25, 0.3) is 0 Å². The molecule has 8 heteroatoms. The molecular weight excluding hydrogens is 428 g/mol. The Morgan fingerprint density at radius 3 is 2.62 bits per heavy atom. The predicted octanol–water partition coefficient (Wildman–Crippen LogP) is 4.70. The van der Waals surface area contributed by atoms with Gasteiger partial charge in [-0.1, -0.05) is 44.2 Å². The topological polar surface area (TPSA) is 86.5 Å². The molecule has 1 unspecified atom stereocenters. The Bertz CT molecular complexity index is 1100. The molecule has 1 saturated heterocycles. The average Bonchev–Trinajstić information content (AvgIpc) is 3.38. The molecule has 3 aromatic rings. The van der Waals surface area contributed by atoms with Crippen LogP contribution >= 0.6 is 0 Å². The van der Waals surface area contributed by atoms with Gasteiger partial charge >= 0.3 is 0 Å². The van der Waals surface area contributed by atoms with Gasteiger partial charge in [0.1, 0.15) is 24.0 Å². The summed E-state index contributed by atoms with van der Waals surface area (Å²) in [6.45, 7) is 8.45. The summed E-state index contributed by atoms with van der Waals surface area (Å²) in [5.74, 6) is 1.67. The largest absolute Gasteiger partial charge is 0.492 e. The smallest absolute Gasteiger partial charge is 0.229 e. The minimum atomic E-state index is -0.0103. The van der Waals surface area contributed by atoms with Crippen LogP contribution in [0.1, 0.15) is 37.4 Å². The Morgan fingerprint density at radius 2 is 1.91 bits per heavy atom. The molecule has 8 nitrogen and oxygen atoms in total. The van der Waals surface area contributed by atoms with E-state index in [4.69, 9.17) is 9.57 Å². The lowest BCUT2D eigenvalue weighted by molar-refractivity contribution is 0.156. The first-order valence-electron chi connectivity index (χ1n) is 11.7. The molecule has 1 N–H and O–H groups in total. The van der Waals surface area contributed by atoms with Crippen LogP contribution in [-0.4, -0.2) is 47.7 Å². The molecule has 0 spiro atoms. The molecule has 34 heavy (non-hydrogen) atoms. The highest BCUT2D eigenvalue weighted by molar-refractivity contribution is 5.60. The predicted molar refractivity (Wildman–Crippen MR) is 132 cm³/mol. The third-order valence-electron chi connectivity index (χ3n) is 5.87. The monoisotopic (exact) mass is 458 g/mol. The highest BCUT2D eigenvalue weighted by atomic mass is 16.7. The summed E-state index contributed by atoms with van der Waals surface area (Å²) in [6.07, 6.45) is 2.34. The van der Waals surface area contributed by atoms with Crippen molar-refractivity contribution in [3.63, 3.8) is 0 Å². The third-order valence-corrected chi connectivity index (χ3v) is 5.87. The zero-order valence-electron chi connectivity index (χ0n) is 19.6. The summed E-state index contributed by atoms with van der Waals surface area (Å²) < 4.78 is 5.86. The minimum absolute atomic E-state index is 0.0103. The molecule has 1 fully saturated rings. The summed E-state index contributed by atoms with van der Waals surface area (Å²) >= 11 is 0. The van der Waals surface area contributed by atoms with Crippen LogP contribution < -0.4 is 15.1 Å². The Morgan fingerprint density at radius 1 is 1.15 bits per heavy atom. The third kappa shape index (κ3) is 5.63. The van der Waals surface area contributed by atoms with Gasteiger partial charge in [0, 0.05) is 18.7 Å². The van der Waals surface area contributed by atoms with Crippen molar-refractivity contribution in [1.29, 1.82) is 5.26 Å². The van der Waals surface area contributed by atoms with E-state index in [1.807, 2.05) is 42.5 Å². The summed E-state index contributed by atoms with van der Waals surface area (Å²) in [5, 5.41) is 14.6. The van der Waals surface area contributed by atoms with E-state index < -0.39 is 0 Å². The molecule has 4 rings (SSSR count). The SMILES string of the molecule is CCN(CC)CCOc1ccc(Nc2ncc(C#N)c(N3OCCC3c3ccccc3)n2)cc1. The van der Waals surface area contributed by atoms with Crippen LogP contribution in [-0.2, 0) is 4.84 Å². The molecular formula is C26H30N6O2. The first kappa shape index (κ1) is 23.5. The molecule has 1 aliphatic rings. The van der Waals surface area contributed by atoms with E-state index in [-0.39, 0.29) is 6.04 Å². The fourth-order valence-corrected chi connectivity index (χ4v) is 3.93. The van der Waals surface area contributed by atoms with Gasteiger partial charge in [-0.15, -0.1) is 0 Å².